The fourth-order valence-electron chi connectivity index (χ4n) is 1.28. The van der Waals surface area contributed by atoms with E-state index >= 15 is 0 Å². The Labute approximate surface area is 90.1 Å². The van der Waals surface area contributed by atoms with E-state index in [-0.39, 0.29) is 0 Å². The van der Waals surface area contributed by atoms with Crippen LogP contribution in [0.3, 0.4) is 0 Å². The molecule has 0 aromatic carbocycles. The first kappa shape index (κ1) is 14.0. The van der Waals surface area contributed by atoms with Crippen molar-refractivity contribution in [3.05, 3.63) is 0 Å². The minimum Gasteiger partial charge on any atom is -0.790 e. The molecule has 0 aliphatic carbocycles. The molecule has 0 radical (unpaired) electrons. The van der Waals surface area contributed by atoms with Gasteiger partial charge in [0.25, 0.3) is 0 Å². The minimum absolute atomic E-state index is 0.743. The Morgan fingerprint density at radius 3 is 2.19 bits per heavy atom. The van der Waals surface area contributed by atoms with Crippen molar-refractivity contribution in [2.45, 2.75) is 30.7 Å². The van der Waals surface area contributed by atoms with Gasteiger partial charge in [-0.2, -0.15) is 0 Å². The van der Waals surface area contributed by atoms with E-state index in [1.54, 1.807) is 0 Å². The highest BCUT2D eigenvalue weighted by Crippen LogP contribution is 2.33. The summed E-state index contributed by atoms with van der Waals surface area (Å²) in [6.45, 7) is -0.743. The number of hydrogen-bond donors (Lipinski definition) is 4. The molecule has 0 saturated carbocycles. The molecule has 1 fully saturated rings. The molecule has 1 aliphatic heterocycles. The van der Waals surface area contributed by atoms with Gasteiger partial charge in [-0.3, -0.25) is 0 Å². The molecule has 96 valence electrons. The van der Waals surface area contributed by atoms with Crippen LogP contribution in [0, 0.1) is 0 Å². The number of phosphoric ester groups is 1. The fraction of sp³-hybridized carbons (Fsp3) is 1.00. The third-order valence-corrected chi connectivity index (χ3v) is 2.55. The zero-order valence-corrected chi connectivity index (χ0v) is 8.77. The maximum atomic E-state index is 10.3. The highest BCUT2D eigenvalue weighted by atomic mass is 31.2. The first-order chi connectivity index (χ1) is 7.26. The lowest BCUT2D eigenvalue weighted by Crippen LogP contribution is -2.59. The first-order valence-corrected chi connectivity index (χ1v) is 5.73. The van der Waals surface area contributed by atoms with E-state index < -0.39 is 45.1 Å². The lowest BCUT2D eigenvalue weighted by Gasteiger charge is -2.43. The van der Waals surface area contributed by atoms with Crippen LogP contribution in [0.1, 0.15) is 0 Å². The highest BCUT2D eigenvalue weighted by molar-refractivity contribution is 7.43. The van der Waals surface area contributed by atoms with Crippen molar-refractivity contribution in [1.29, 1.82) is 0 Å². The van der Waals surface area contributed by atoms with E-state index in [0.29, 0.717) is 0 Å². The molecule has 10 heteroatoms. The zero-order chi connectivity index (χ0) is 12.5. The summed E-state index contributed by atoms with van der Waals surface area (Å²) < 4.78 is 18.7. The topological polar surface area (TPSA) is 163 Å². The van der Waals surface area contributed by atoms with Gasteiger partial charge in [-0.1, -0.05) is 0 Å². The molecule has 4 N–H and O–H groups in total. The van der Waals surface area contributed by atoms with Crippen molar-refractivity contribution >= 4 is 7.82 Å². The number of aliphatic hydroxyl groups excluding tert-OH is 4. The quantitative estimate of drug-likeness (QED) is 0.366. The number of aliphatic hydroxyl groups is 4. The molecule has 16 heavy (non-hydrogen) atoms. The van der Waals surface area contributed by atoms with Crippen LogP contribution in [0.25, 0.3) is 0 Å². The molecule has 1 aliphatic rings. The Balaban J connectivity index is 2.75. The number of rotatable bonds is 3. The van der Waals surface area contributed by atoms with Gasteiger partial charge in [-0.25, -0.2) is 0 Å². The molecule has 0 unspecified atom stereocenters. The van der Waals surface area contributed by atoms with Crippen LogP contribution in [-0.4, -0.2) is 57.7 Å². The number of ether oxygens (including phenoxy) is 1. The predicted molar refractivity (Wildman–Crippen MR) is 42.5 cm³/mol. The van der Waals surface area contributed by atoms with Gasteiger partial charge in [0.1, 0.15) is 24.4 Å². The third kappa shape index (κ3) is 3.20. The Bertz CT molecular complexity index is 275. The summed E-state index contributed by atoms with van der Waals surface area (Å²) in [6.07, 6.45) is -8.61. The Hall–Kier alpha value is -0.0900. The van der Waals surface area contributed by atoms with Crippen molar-refractivity contribution in [1.82, 2.24) is 0 Å². The highest BCUT2D eigenvalue weighted by Gasteiger charge is 2.44. The van der Waals surface area contributed by atoms with Gasteiger partial charge in [0.15, 0.2) is 6.29 Å². The second-order valence-electron chi connectivity index (χ2n) is 3.25. The van der Waals surface area contributed by atoms with Crippen molar-refractivity contribution < 1.29 is 44.0 Å². The molecule has 0 aromatic rings. The Morgan fingerprint density at radius 2 is 1.75 bits per heavy atom. The van der Waals surface area contributed by atoms with Crippen molar-refractivity contribution in [2.24, 2.45) is 0 Å². The summed E-state index contributed by atoms with van der Waals surface area (Å²) >= 11 is 0. The smallest absolute Gasteiger partial charge is 0.191 e. The summed E-state index contributed by atoms with van der Waals surface area (Å²) in [5, 5.41) is 36.5. The van der Waals surface area contributed by atoms with Crippen LogP contribution in [0.2, 0.25) is 0 Å². The average molecular weight is 258 g/mol. The molecule has 5 atom stereocenters. The standard InChI is InChI=1S/C6H13O9P/c7-1-2-3(8)4(9)5(10)6(14-2)15-16(11,12)13/h2-10H,1H2,(H2,11,12,13)/p-2/t2-,3+,4-,5-,6+/m0/s1. The largest absolute Gasteiger partial charge is 0.790 e. The summed E-state index contributed by atoms with van der Waals surface area (Å²) in [6, 6.07) is 0. The number of hydrogen-bond acceptors (Lipinski definition) is 9. The van der Waals surface area contributed by atoms with E-state index in [4.69, 9.17) is 5.11 Å². The van der Waals surface area contributed by atoms with Crippen LogP contribution >= 0.6 is 7.82 Å². The molecule has 1 heterocycles. The van der Waals surface area contributed by atoms with E-state index in [9.17, 15) is 29.7 Å². The molecule has 9 nitrogen and oxygen atoms in total. The summed E-state index contributed by atoms with van der Waals surface area (Å²) in [5.41, 5.74) is 0. The average Bonchev–Trinajstić information content (AvgIpc) is 2.17. The van der Waals surface area contributed by atoms with Crippen LogP contribution in [0.15, 0.2) is 0 Å². The van der Waals surface area contributed by atoms with Gasteiger partial charge in [0, 0.05) is 0 Å². The predicted octanol–water partition coefficient (Wildman–Crippen LogP) is -4.37. The second-order valence-corrected chi connectivity index (χ2v) is 4.36. The van der Waals surface area contributed by atoms with Crippen LogP contribution in [-0.2, 0) is 13.8 Å². The molecule has 0 amide bonds. The maximum absolute atomic E-state index is 10.3. The maximum Gasteiger partial charge on any atom is 0.191 e. The lowest BCUT2D eigenvalue weighted by molar-refractivity contribution is -0.368. The molecule has 1 rings (SSSR count). The summed E-state index contributed by atoms with van der Waals surface area (Å²) in [7, 11) is -5.41. The third-order valence-electron chi connectivity index (χ3n) is 2.08. The zero-order valence-electron chi connectivity index (χ0n) is 7.87. The lowest BCUT2D eigenvalue weighted by atomic mass is 10.00. The Kier molecular flexibility index (Phi) is 4.41. The molecule has 0 spiro atoms. The van der Waals surface area contributed by atoms with Crippen molar-refractivity contribution in [3.63, 3.8) is 0 Å². The van der Waals surface area contributed by atoms with Crippen molar-refractivity contribution in [3.8, 4) is 0 Å². The van der Waals surface area contributed by atoms with Gasteiger partial charge >= 0.3 is 0 Å². The van der Waals surface area contributed by atoms with Crippen LogP contribution in [0.5, 0.6) is 0 Å². The molecule has 0 bridgehead atoms. The number of phosphoric acid groups is 1. The van der Waals surface area contributed by atoms with E-state index in [0.717, 1.165) is 0 Å². The molecular weight excluding hydrogens is 247 g/mol. The first-order valence-electron chi connectivity index (χ1n) is 4.27. The van der Waals surface area contributed by atoms with Gasteiger partial charge < -0.3 is 44.0 Å². The van der Waals surface area contributed by atoms with Gasteiger partial charge in [0.05, 0.1) is 14.4 Å². The van der Waals surface area contributed by atoms with Crippen LogP contribution < -0.4 is 9.79 Å². The van der Waals surface area contributed by atoms with E-state index in [1.807, 2.05) is 0 Å². The molecule has 0 aromatic heterocycles. The molecular formula is C6H11O9P-2. The Morgan fingerprint density at radius 1 is 1.19 bits per heavy atom. The van der Waals surface area contributed by atoms with Crippen LogP contribution in [0.4, 0.5) is 0 Å². The SMILES string of the molecule is O=P([O-])([O-])O[C@H]1O[C@@H](CO)[C@@H](O)[C@H](O)[C@@H]1O. The summed E-state index contributed by atoms with van der Waals surface area (Å²) in [4.78, 5) is 20.6. The summed E-state index contributed by atoms with van der Waals surface area (Å²) in [5.74, 6) is 0. The van der Waals surface area contributed by atoms with Gasteiger partial charge in [0.2, 0.25) is 0 Å². The van der Waals surface area contributed by atoms with Crippen molar-refractivity contribution in [2.75, 3.05) is 6.61 Å². The normalized spacial score (nSPS) is 41.0. The van der Waals surface area contributed by atoms with E-state index in [1.165, 1.54) is 0 Å². The van der Waals surface area contributed by atoms with Gasteiger partial charge in [-0.15, -0.1) is 0 Å². The second kappa shape index (κ2) is 5.05. The monoisotopic (exact) mass is 258 g/mol. The van der Waals surface area contributed by atoms with Gasteiger partial charge in [-0.05, 0) is 0 Å². The minimum atomic E-state index is -5.41. The molecule has 1 saturated heterocycles. The van der Waals surface area contributed by atoms with E-state index in [2.05, 4.69) is 9.26 Å². The fourth-order valence-corrected chi connectivity index (χ4v) is 1.71.